The summed E-state index contributed by atoms with van der Waals surface area (Å²) >= 11 is 0. The first kappa shape index (κ1) is 53.0. The third-order valence-corrected chi connectivity index (χ3v) is 11.2. The van der Waals surface area contributed by atoms with Crippen LogP contribution in [0, 0.1) is 27.1 Å². The van der Waals surface area contributed by atoms with Crippen LogP contribution in [-0.2, 0) is 71.8 Å². The van der Waals surface area contributed by atoms with Crippen LogP contribution in [-0.4, -0.2) is 126 Å². The van der Waals surface area contributed by atoms with E-state index < -0.39 is 121 Å². The minimum Gasteiger partial charge on any atom is -0.494 e. The summed E-state index contributed by atoms with van der Waals surface area (Å²) in [6.07, 6.45) is -7.02. The Bertz CT molecular complexity index is 2400. The van der Waals surface area contributed by atoms with Crippen molar-refractivity contribution in [2.45, 2.75) is 166 Å². The zero-order valence-corrected chi connectivity index (χ0v) is 44.0. The van der Waals surface area contributed by atoms with E-state index in [0.717, 1.165) is 11.1 Å². The van der Waals surface area contributed by atoms with E-state index in [0.29, 0.717) is 49.1 Å². The van der Waals surface area contributed by atoms with E-state index in [1.165, 1.54) is 55.4 Å². The van der Waals surface area contributed by atoms with Gasteiger partial charge in [-0.1, -0.05) is 24.3 Å². The Morgan fingerprint density at radius 3 is 1.82 bits per heavy atom. The zero-order chi connectivity index (χ0) is 56.8. The van der Waals surface area contributed by atoms with E-state index >= 15 is 0 Å². The minimum absolute atomic E-state index is 0.0599. The topological polar surface area (TPSA) is 229 Å². The Kier molecular flexibility index (Phi) is 18.1. The average molecular weight is 1020 g/mol. The number of benzene rings is 2. The summed E-state index contributed by atoms with van der Waals surface area (Å²) in [6.45, 7) is 15.3. The van der Waals surface area contributed by atoms with Crippen LogP contribution >= 0.6 is 0 Å². The second-order valence-electron chi connectivity index (χ2n) is 22.0. The van der Waals surface area contributed by atoms with Gasteiger partial charge in [-0.15, -0.1) is 5.10 Å². The van der Waals surface area contributed by atoms with E-state index in [2.05, 4.69) is 5.32 Å². The molecule has 5 atom stereocenters. The summed E-state index contributed by atoms with van der Waals surface area (Å²) in [5.41, 5.74) is -4.17. The highest BCUT2D eigenvalue weighted by Gasteiger charge is 2.56. The first-order valence-electron chi connectivity index (χ1n) is 27.0. The van der Waals surface area contributed by atoms with Gasteiger partial charge in [-0.2, -0.15) is 0 Å². The number of ether oxygens (including phenoxy) is 8. The van der Waals surface area contributed by atoms with Crippen LogP contribution in [0.4, 0.5) is 0 Å². The van der Waals surface area contributed by atoms with Gasteiger partial charge in [-0.05, 0) is 159 Å². The highest BCUT2D eigenvalue weighted by atomic mass is 16.7. The molecular weight excluding hydrogens is 931 g/mol. The van der Waals surface area contributed by atoms with Gasteiger partial charge in [0.25, 0.3) is 0 Å². The van der Waals surface area contributed by atoms with Crippen molar-refractivity contribution in [3.8, 4) is 11.6 Å². The van der Waals surface area contributed by atoms with Gasteiger partial charge in [-0.25, -0.2) is 0 Å². The minimum atomic E-state index is -1.80. The predicted octanol–water partition coefficient (Wildman–Crippen LogP) is 6.69. The fourth-order valence-corrected chi connectivity index (χ4v) is 6.77. The number of esters is 5. The molecule has 1 fully saturated rings. The predicted molar refractivity (Wildman–Crippen MR) is 268 cm³/mol. The third kappa shape index (κ3) is 16.9. The molecule has 402 valence electrons. The molecule has 0 saturated carbocycles. The van der Waals surface area contributed by atoms with E-state index in [-0.39, 0.29) is 39.1 Å². The molecule has 1 unspecified atom stereocenters. The van der Waals surface area contributed by atoms with Crippen molar-refractivity contribution in [1.29, 1.82) is 0 Å². The largest absolute Gasteiger partial charge is 0.494 e. The van der Waals surface area contributed by atoms with E-state index in [4.69, 9.17) is 48.5 Å². The second kappa shape index (κ2) is 24.6. The van der Waals surface area contributed by atoms with Crippen molar-refractivity contribution in [1.82, 2.24) is 15.1 Å². The van der Waals surface area contributed by atoms with Crippen LogP contribution in [0.5, 0.6) is 11.6 Å². The first-order valence-corrected chi connectivity index (χ1v) is 24.2. The third-order valence-electron chi connectivity index (χ3n) is 11.2. The van der Waals surface area contributed by atoms with Crippen LogP contribution in [0.25, 0.3) is 10.9 Å². The summed E-state index contributed by atoms with van der Waals surface area (Å²) in [5, 5.41) is 27.0. The summed E-state index contributed by atoms with van der Waals surface area (Å²) in [4.78, 5) is 68.6. The number of nitrogens with zero attached hydrogens (tertiary/aromatic N) is 2. The van der Waals surface area contributed by atoms with Crippen LogP contribution in [0.3, 0.4) is 0 Å². The number of aliphatic hydroxyl groups is 2. The Balaban J connectivity index is 1.88. The molecule has 3 aromatic rings. The number of hydrogen-bond donors (Lipinski definition) is 3. The van der Waals surface area contributed by atoms with Gasteiger partial charge >= 0.3 is 29.8 Å². The molecule has 72 heavy (non-hydrogen) atoms. The van der Waals surface area contributed by atoms with E-state index in [1.54, 1.807) is 31.5 Å². The number of aliphatic hydroxyl groups excluding tert-OH is 2. The first-order chi connectivity index (χ1) is 35.6. The molecule has 1 aliphatic heterocycles. The molecular formula is C54H81N3O15. The number of carbonyl (C=O) groups is 5. The maximum absolute atomic E-state index is 14.2. The summed E-state index contributed by atoms with van der Waals surface area (Å²) in [7, 11) is 0. The normalized spacial score (nSPS) is 19.6. The lowest BCUT2D eigenvalue weighted by atomic mass is 9.93. The number of rotatable bonds is 21. The van der Waals surface area contributed by atoms with E-state index in [1.807, 2.05) is 36.4 Å². The van der Waals surface area contributed by atoms with Gasteiger partial charge in [0.15, 0.2) is 12.2 Å². The number of aryl methyl sites for hydroxylation is 2. The molecule has 3 N–H and O–H groups in total. The Morgan fingerprint density at radius 1 is 0.694 bits per heavy atom. The number of aromatic nitrogens is 2. The molecule has 1 saturated heterocycles. The molecule has 2 aromatic carbocycles. The molecule has 2 heterocycles. The Hall–Kier alpha value is -5.30. The lowest BCUT2D eigenvalue weighted by Gasteiger charge is -2.45. The molecule has 0 aliphatic carbocycles. The summed E-state index contributed by atoms with van der Waals surface area (Å²) in [6, 6.07) is 12.7. The van der Waals surface area contributed by atoms with Crippen molar-refractivity contribution in [2.75, 3.05) is 39.6 Å². The molecule has 0 radical (unpaired) electrons. The second-order valence-corrected chi connectivity index (χ2v) is 22.0. The molecule has 0 amide bonds. The number of hydrogen-bond acceptors (Lipinski definition) is 17. The number of nitrogens with one attached hydrogen (secondary N) is 1. The Morgan fingerprint density at radius 2 is 1.25 bits per heavy atom. The van der Waals surface area contributed by atoms with Crippen LogP contribution < -0.4 is 14.8 Å². The average Bonchev–Trinajstić information content (AvgIpc) is 3.74. The van der Waals surface area contributed by atoms with Crippen molar-refractivity contribution in [2.24, 2.45) is 27.1 Å². The smallest absolute Gasteiger partial charge is 0.311 e. The quantitative estimate of drug-likeness (QED) is 0.0573. The van der Waals surface area contributed by atoms with Crippen LogP contribution in [0.15, 0.2) is 42.5 Å². The van der Waals surface area contributed by atoms with Gasteiger partial charge in [0, 0.05) is 5.48 Å². The highest BCUT2D eigenvalue weighted by Crippen LogP contribution is 2.38. The molecule has 18 heteroatoms. The van der Waals surface area contributed by atoms with Gasteiger partial charge in [0.05, 0.1) is 70.4 Å². The van der Waals surface area contributed by atoms with Gasteiger partial charge in [-0.3, -0.25) is 28.7 Å². The monoisotopic (exact) mass is 1020 g/mol. The Labute approximate surface area is 430 Å². The standard InChI is InChI=1S/C54H81N3O15/c1-50(2,3)45(60)66-29-27-57-37-19-16-18-34(23-20-33-21-24-36(25-22-33)65-28-17-26-55-35(30-58)31-59)39(37)43(56-57)72-44-42(71-49(64)54(13,14)15)41(70-48(63)53(10,11)12)40(69-47(62)52(7,8)9)38(68-44)32-67-46(61)51(4,5)6/h16,18-19,21-22,24-25,35,38,40-42,44,55,58-59H,17,20,23,26-32H2,1-15H3/t38-,40-,41+,42-,44?/m1/s1/i4D,7D,10D,13D. The van der Waals surface area contributed by atoms with Crippen molar-refractivity contribution >= 4 is 40.7 Å². The molecule has 1 aromatic heterocycles. The molecule has 0 spiro atoms. The number of carbonyl (C=O) groups excluding carboxylic acids is 5. The maximum atomic E-state index is 14.2. The number of fused-ring (bicyclic) bond motifs is 1. The molecule has 1 aliphatic rings. The van der Waals surface area contributed by atoms with Crippen molar-refractivity contribution < 1.29 is 77.6 Å². The van der Waals surface area contributed by atoms with Crippen molar-refractivity contribution in [3.05, 3.63) is 53.6 Å². The fraction of sp³-hybridized carbons (Fsp3) is 0.667. The lowest BCUT2D eigenvalue weighted by molar-refractivity contribution is -0.294. The van der Waals surface area contributed by atoms with Crippen molar-refractivity contribution in [3.63, 3.8) is 0 Å². The van der Waals surface area contributed by atoms with Gasteiger partial charge in [0.2, 0.25) is 18.3 Å². The van der Waals surface area contributed by atoms with Crippen LogP contribution in [0.1, 0.15) is 127 Å². The van der Waals surface area contributed by atoms with Gasteiger partial charge in [0.1, 0.15) is 25.1 Å². The van der Waals surface area contributed by atoms with E-state index in [9.17, 15) is 34.2 Å². The summed E-state index contributed by atoms with van der Waals surface area (Å²) in [5.74, 6) is -3.47. The summed E-state index contributed by atoms with van der Waals surface area (Å²) < 4.78 is 83.2. The SMILES string of the molecule is [2H]CC(C)(C)C(=O)OC[C@H]1OC(Oc2nn(CCOC(=O)C(C)(C)C)c3cccc(CCc4ccc(OCCCNC(CO)CO)cc4)c23)[C@H](OC(=O)C(C)(C)C[2H])[C@@H](OC(=O)C(C)(C)C[2H])[C@@H]1OC(=O)C(C)(C)C[2H]. The fourth-order valence-electron chi connectivity index (χ4n) is 6.77. The molecule has 18 nitrogen and oxygen atoms in total. The highest BCUT2D eigenvalue weighted by molar-refractivity contribution is 5.88. The molecule has 0 bridgehead atoms. The van der Waals surface area contributed by atoms with Crippen LogP contribution in [0.2, 0.25) is 0 Å². The van der Waals surface area contributed by atoms with Gasteiger partial charge < -0.3 is 53.4 Å². The maximum Gasteiger partial charge on any atom is 0.311 e. The lowest BCUT2D eigenvalue weighted by Crippen LogP contribution is -2.65. The zero-order valence-electron chi connectivity index (χ0n) is 48.0. The molecule has 4 rings (SSSR count).